The first-order valence-electron chi connectivity index (χ1n) is 6.47. The maximum absolute atomic E-state index is 5.57. The Morgan fingerprint density at radius 1 is 1.17 bits per heavy atom. The topological polar surface area (TPSA) is 30.5 Å². The smallest absolute Gasteiger partial charge is 0.188 e. The molecular weight excluding hydrogens is 226 g/mol. The van der Waals surface area contributed by atoms with Crippen LogP contribution in [0.4, 0.5) is 0 Å². The Kier molecular flexibility index (Phi) is 6.16. The van der Waals surface area contributed by atoms with Gasteiger partial charge in [-0.15, -0.1) is 0 Å². The van der Waals surface area contributed by atoms with E-state index >= 15 is 0 Å². The second-order valence-electron chi connectivity index (χ2n) is 5.13. The standard InChI is InChI=1S/C15H25NO2/c1-11(2)8-16-9-14-6-12(3)15(13(4)7-14)18-10-17-5/h6-7,11,16H,8-10H2,1-5H3. The van der Waals surface area contributed by atoms with Crippen molar-refractivity contribution >= 4 is 0 Å². The first kappa shape index (κ1) is 15.0. The van der Waals surface area contributed by atoms with Crippen LogP contribution in [0.25, 0.3) is 0 Å². The lowest BCUT2D eigenvalue weighted by Crippen LogP contribution is -2.19. The highest BCUT2D eigenvalue weighted by atomic mass is 16.7. The number of methoxy groups -OCH3 is 1. The summed E-state index contributed by atoms with van der Waals surface area (Å²) in [6.45, 7) is 10.8. The molecule has 0 heterocycles. The fraction of sp³-hybridized carbons (Fsp3) is 0.600. The van der Waals surface area contributed by atoms with Crippen LogP contribution < -0.4 is 10.1 Å². The van der Waals surface area contributed by atoms with Crippen molar-refractivity contribution in [2.45, 2.75) is 34.2 Å². The number of rotatable bonds is 7. The molecule has 0 spiro atoms. The third kappa shape index (κ3) is 4.67. The van der Waals surface area contributed by atoms with Gasteiger partial charge in [0, 0.05) is 13.7 Å². The van der Waals surface area contributed by atoms with Crippen molar-refractivity contribution in [1.82, 2.24) is 5.32 Å². The zero-order valence-corrected chi connectivity index (χ0v) is 12.2. The van der Waals surface area contributed by atoms with Crippen LogP contribution in [0.2, 0.25) is 0 Å². The molecule has 1 N–H and O–H groups in total. The highest BCUT2D eigenvalue weighted by Crippen LogP contribution is 2.24. The lowest BCUT2D eigenvalue weighted by atomic mass is 10.1. The Balaban J connectivity index is 2.67. The molecule has 1 aromatic carbocycles. The van der Waals surface area contributed by atoms with Crippen molar-refractivity contribution in [2.24, 2.45) is 5.92 Å². The molecule has 1 rings (SSSR count). The van der Waals surface area contributed by atoms with E-state index in [4.69, 9.17) is 9.47 Å². The summed E-state index contributed by atoms with van der Waals surface area (Å²) in [5, 5.41) is 3.45. The molecule has 0 fully saturated rings. The SMILES string of the molecule is COCOc1c(C)cc(CNCC(C)C)cc1C. The average Bonchev–Trinajstić information content (AvgIpc) is 2.27. The van der Waals surface area contributed by atoms with Gasteiger partial charge in [-0.25, -0.2) is 0 Å². The van der Waals surface area contributed by atoms with Crippen LogP contribution in [0.5, 0.6) is 5.75 Å². The van der Waals surface area contributed by atoms with Crippen molar-refractivity contribution in [3.8, 4) is 5.75 Å². The van der Waals surface area contributed by atoms with Gasteiger partial charge in [0.15, 0.2) is 6.79 Å². The number of nitrogens with one attached hydrogen (secondary N) is 1. The minimum Gasteiger partial charge on any atom is -0.467 e. The summed E-state index contributed by atoms with van der Waals surface area (Å²) in [5.74, 6) is 1.61. The highest BCUT2D eigenvalue weighted by molar-refractivity contribution is 5.43. The minimum atomic E-state index is 0.298. The molecule has 0 bridgehead atoms. The van der Waals surface area contributed by atoms with Crippen LogP contribution in [0.3, 0.4) is 0 Å². The predicted molar refractivity (Wildman–Crippen MR) is 75.0 cm³/mol. The van der Waals surface area contributed by atoms with Gasteiger partial charge in [-0.3, -0.25) is 0 Å². The third-order valence-corrected chi connectivity index (χ3v) is 2.72. The molecule has 0 aliphatic carbocycles. The first-order chi connectivity index (χ1) is 8.54. The Labute approximate surface area is 110 Å². The molecule has 0 amide bonds. The van der Waals surface area contributed by atoms with Gasteiger partial charge in [0.1, 0.15) is 5.75 Å². The van der Waals surface area contributed by atoms with Crippen LogP contribution in [-0.4, -0.2) is 20.4 Å². The van der Waals surface area contributed by atoms with Crippen LogP contribution in [0.1, 0.15) is 30.5 Å². The van der Waals surface area contributed by atoms with E-state index in [2.05, 4.69) is 45.1 Å². The summed E-state index contributed by atoms with van der Waals surface area (Å²) in [5.41, 5.74) is 3.62. The van der Waals surface area contributed by atoms with Gasteiger partial charge in [0.2, 0.25) is 0 Å². The van der Waals surface area contributed by atoms with Crippen LogP contribution >= 0.6 is 0 Å². The number of hydrogen-bond donors (Lipinski definition) is 1. The van der Waals surface area contributed by atoms with E-state index in [1.165, 1.54) is 5.56 Å². The zero-order chi connectivity index (χ0) is 13.5. The van der Waals surface area contributed by atoms with Crippen molar-refractivity contribution in [3.05, 3.63) is 28.8 Å². The average molecular weight is 251 g/mol. The minimum absolute atomic E-state index is 0.298. The lowest BCUT2D eigenvalue weighted by Gasteiger charge is -2.14. The van der Waals surface area contributed by atoms with Crippen LogP contribution in [0, 0.1) is 19.8 Å². The quantitative estimate of drug-likeness (QED) is 0.756. The van der Waals surface area contributed by atoms with Gasteiger partial charge in [-0.2, -0.15) is 0 Å². The fourth-order valence-electron chi connectivity index (χ4n) is 1.99. The molecule has 102 valence electrons. The zero-order valence-electron chi connectivity index (χ0n) is 12.2. The van der Waals surface area contributed by atoms with Gasteiger partial charge in [0.25, 0.3) is 0 Å². The van der Waals surface area contributed by atoms with E-state index in [0.717, 1.165) is 30.0 Å². The molecule has 3 heteroatoms. The summed E-state index contributed by atoms with van der Waals surface area (Å²) >= 11 is 0. The fourth-order valence-corrected chi connectivity index (χ4v) is 1.99. The van der Waals surface area contributed by atoms with E-state index < -0.39 is 0 Å². The second-order valence-corrected chi connectivity index (χ2v) is 5.13. The molecule has 0 radical (unpaired) electrons. The van der Waals surface area contributed by atoms with E-state index in [0.29, 0.717) is 12.7 Å². The highest BCUT2D eigenvalue weighted by Gasteiger charge is 2.06. The molecule has 0 aromatic heterocycles. The second kappa shape index (κ2) is 7.39. The van der Waals surface area contributed by atoms with Gasteiger partial charge >= 0.3 is 0 Å². The number of aryl methyl sites for hydroxylation is 2. The van der Waals surface area contributed by atoms with E-state index in [1.54, 1.807) is 7.11 Å². The molecular formula is C15H25NO2. The number of hydrogen-bond acceptors (Lipinski definition) is 3. The Hall–Kier alpha value is -1.06. The monoisotopic (exact) mass is 251 g/mol. The molecule has 0 atom stereocenters. The maximum atomic E-state index is 5.57. The molecule has 1 aromatic rings. The third-order valence-electron chi connectivity index (χ3n) is 2.72. The first-order valence-corrected chi connectivity index (χ1v) is 6.47. The van der Waals surface area contributed by atoms with Gasteiger partial charge in [-0.1, -0.05) is 26.0 Å². The van der Waals surface area contributed by atoms with Crippen molar-refractivity contribution < 1.29 is 9.47 Å². The predicted octanol–water partition coefficient (Wildman–Crippen LogP) is 3.03. The summed E-state index contributed by atoms with van der Waals surface area (Å²) in [4.78, 5) is 0. The van der Waals surface area contributed by atoms with Crippen molar-refractivity contribution in [2.75, 3.05) is 20.4 Å². The normalized spacial score (nSPS) is 11.0. The lowest BCUT2D eigenvalue weighted by molar-refractivity contribution is 0.0501. The summed E-state index contributed by atoms with van der Waals surface area (Å²) < 4.78 is 10.5. The Bertz CT molecular complexity index is 352. The molecule has 0 aliphatic rings. The van der Waals surface area contributed by atoms with Gasteiger partial charge in [-0.05, 0) is 43.0 Å². The van der Waals surface area contributed by atoms with E-state index in [1.807, 2.05) is 0 Å². The van der Waals surface area contributed by atoms with Gasteiger partial charge < -0.3 is 14.8 Å². The van der Waals surface area contributed by atoms with E-state index in [9.17, 15) is 0 Å². The summed E-state index contributed by atoms with van der Waals surface area (Å²) in [6, 6.07) is 4.34. The Morgan fingerprint density at radius 3 is 2.28 bits per heavy atom. The number of ether oxygens (including phenoxy) is 2. The summed E-state index contributed by atoms with van der Waals surface area (Å²) in [7, 11) is 1.63. The summed E-state index contributed by atoms with van der Waals surface area (Å²) in [6.07, 6.45) is 0. The maximum Gasteiger partial charge on any atom is 0.188 e. The van der Waals surface area contributed by atoms with Crippen molar-refractivity contribution in [1.29, 1.82) is 0 Å². The molecule has 0 aliphatic heterocycles. The number of benzene rings is 1. The molecule has 18 heavy (non-hydrogen) atoms. The molecule has 0 saturated carbocycles. The largest absolute Gasteiger partial charge is 0.467 e. The van der Waals surface area contributed by atoms with Crippen LogP contribution in [0.15, 0.2) is 12.1 Å². The molecule has 0 unspecified atom stereocenters. The molecule has 0 saturated heterocycles. The van der Waals surface area contributed by atoms with Crippen LogP contribution in [-0.2, 0) is 11.3 Å². The Morgan fingerprint density at radius 2 is 1.78 bits per heavy atom. The molecule has 3 nitrogen and oxygen atoms in total. The van der Waals surface area contributed by atoms with Crippen molar-refractivity contribution in [3.63, 3.8) is 0 Å². The van der Waals surface area contributed by atoms with E-state index in [-0.39, 0.29) is 0 Å². The van der Waals surface area contributed by atoms with Gasteiger partial charge in [0.05, 0.1) is 0 Å².